The Bertz CT molecular complexity index is 862. The first kappa shape index (κ1) is 22.7. The van der Waals surface area contributed by atoms with Crippen molar-refractivity contribution < 1.29 is 9.53 Å². The zero-order valence-electron chi connectivity index (χ0n) is 19.3. The van der Waals surface area contributed by atoms with Crippen LogP contribution >= 0.6 is 0 Å². The highest BCUT2D eigenvalue weighted by molar-refractivity contribution is 5.87. The quantitative estimate of drug-likeness (QED) is 0.547. The molecule has 0 saturated carbocycles. The number of anilines is 1. The van der Waals surface area contributed by atoms with E-state index in [0.29, 0.717) is 6.54 Å². The molecule has 2 heterocycles. The highest BCUT2D eigenvalue weighted by atomic mass is 16.5. The highest BCUT2D eigenvalue weighted by Crippen LogP contribution is 2.29. The summed E-state index contributed by atoms with van der Waals surface area (Å²) < 4.78 is 5.81. The molecular weight excluding hydrogens is 398 g/mol. The lowest BCUT2D eigenvalue weighted by Gasteiger charge is -2.32. The molecule has 2 aliphatic heterocycles. The molecule has 2 N–H and O–H groups in total. The van der Waals surface area contributed by atoms with Crippen LogP contribution in [0.15, 0.2) is 48.5 Å². The average Bonchev–Trinajstić information content (AvgIpc) is 3.25. The standard InChI is InChI=1S/C27H37N3O2/c1-2-3-17-32-24-9-10-25-23(19-24)20-26(29-25)27(31)28-13-16-30-14-11-22(12-15-30)18-21-7-5-4-6-8-21/h4-10,19,22,26,29H,2-3,11-18,20H2,1H3,(H,28,31). The minimum atomic E-state index is -0.187. The van der Waals surface area contributed by atoms with Crippen LogP contribution in [0, 0.1) is 5.92 Å². The first-order valence-electron chi connectivity index (χ1n) is 12.3. The van der Waals surface area contributed by atoms with Crippen LogP contribution in [-0.2, 0) is 17.6 Å². The predicted octanol–water partition coefficient (Wildman–Crippen LogP) is 4.27. The number of unbranched alkanes of at least 4 members (excludes halogenated alkanes) is 1. The molecule has 0 bridgehead atoms. The van der Waals surface area contributed by atoms with Gasteiger partial charge in [-0.25, -0.2) is 0 Å². The number of hydrogen-bond donors (Lipinski definition) is 2. The lowest BCUT2D eigenvalue weighted by atomic mass is 9.90. The van der Waals surface area contributed by atoms with E-state index in [1.54, 1.807) is 0 Å². The smallest absolute Gasteiger partial charge is 0.242 e. The van der Waals surface area contributed by atoms with Gasteiger partial charge in [-0.15, -0.1) is 0 Å². The second-order valence-electron chi connectivity index (χ2n) is 9.19. The van der Waals surface area contributed by atoms with Crippen LogP contribution in [0.4, 0.5) is 5.69 Å². The number of piperidine rings is 1. The summed E-state index contributed by atoms with van der Waals surface area (Å²) in [5.74, 6) is 1.77. The van der Waals surface area contributed by atoms with Crippen molar-refractivity contribution in [2.24, 2.45) is 5.92 Å². The van der Waals surface area contributed by atoms with Crippen LogP contribution in [-0.4, -0.2) is 49.6 Å². The third-order valence-corrected chi connectivity index (χ3v) is 6.72. The van der Waals surface area contributed by atoms with Gasteiger partial charge >= 0.3 is 0 Å². The number of carbonyl (C=O) groups is 1. The number of hydrogen-bond acceptors (Lipinski definition) is 4. The number of rotatable bonds is 10. The first-order valence-corrected chi connectivity index (χ1v) is 12.3. The Labute approximate surface area is 192 Å². The SMILES string of the molecule is CCCCOc1ccc2c(c1)CC(C(=O)NCCN1CCC(Cc3ccccc3)CC1)N2. The van der Waals surface area contributed by atoms with Gasteiger partial charge in [0.1, 0.15) is 11.8 Å². The van der Waals surface area contributed by atoms with E-state index < -0.39 is 0 Å². The Morgan fingerprint density at radius 2 is 1.97 bits per heavy atom. The molecule has 4 rings (SSSR count). The van der Waals surface area contributed by atoms with E-state index in [2.05, 4.69) is 58.9 Å². The van der Waals surface area contributed by atoms with Crippen molar-refractivity contribution in [1.29, 1.82) is 0 Å². The fourth-order valence-corrected chi connectivity index (χ4v) is 4.74. The Morgan fingerprint density at radius 1 is 1.16 bits per heavy atom. The topological polar surface area (TPSA) is 53.6 Å². The van der Waals surface area contributed by atoms with Gasteiger partial charge in [-0.2, -0.15) is 0 Å². The van der Waals surface area contributed by atoms with E-state index >= 15 is 0 Å². The number of carbonyl (C=O) groups excluding carboxylic acids is 1. The van der Waals surface area contributed by atoms with Crippen LogP contribution in [0.3, 0.4) is 0 Å². The van der Waals surface area contributed by atoms with Crippen LogP contribution in [0.2, 0.25) is 0 Å². The lowest BCUT2D eigenvalue weighted by molar-refractivity contribution is -0.121. The maximum atomic E-state index is 12.7. The highest BCUT2D eigenvalue weighted by Gasteiger charge is 2.27. The van der Waals surface area contributed by atoms with Crippen molar-refractivity contribution in [3.05, 3.63) is 59.7 Å². The molecule has 0 aromatic heterocycles. The number of likely N-dealkylation sites (tertiary alicyclic amines) is 1. The van der Waals surface area contributed by atoms with Gasteiger partial charge in [-0.05, 0) is 74.0 Å². The number of nitrogens with zero attached hydrogens (tertiary/aromatic N) is 1. The van der Waals surface area contributed by atoms with E-state index in [4.69, 9.17) is 4.74 Å². The molecule has 1 atom stereocenters. The Balaban J connectivity index is 1.14. The minimum Gasteiger partial charge on any atom is -0.494 e. The summed E-state index contributed by atoms with van der Waals surface area (Å²) in [4.78, 5) is 15.2. The zero-order chi connectivity index (χ0) is 22.2. The molecule has 1 unspecified atom stereocenters. The maximum Gasteiger partial charge on any atom is 0.242 e. The van der Waals surface area contributed by atoms with Crippen LogP contribution in [0.1, 0.15) is 43.7 Å². The number of nitrogens with one attached hydrogen (secondary N) is 2. The van der Waals surface area contributed by atoms with Crippen LogP contribution in [0.25, 0.3) is 0 Å². The molecule has 0 aliphatic carbocycles. The lowest BCUT2D eigenvalue weighted by Crippen LogP contribution is -2.43. The van der Waals surface area contributed by atoms with Crippen molar-refractivity contribution in [2.45, 2.75) is 51.5 Å². The fraction of sp³-hybridized carbons (Fsp3) is 0.519. The van der Waals surface area contributed by atoms with Gasteiger partial charge in [0.25, 0.3) is 0 Å². The Morgan fingerprint density at radius 3 is 2.75 bits per heavy atom. The number of ether oxygens (including phenoxy) is 1. The molecule has 1 amide bonds. The fourth-order valence-electron chi connectivity index (χ4n) is 4.74. The van der Waals surface area contributed by atoms with Crippen molar-refractivity contribution in [3.8, 4) is 5.75 Å². The molecule has 32 heavy (non-hydrogen) atoms. The third-order valence-electron chi connectivity index (χ3n) is 6.72. The minimum absolute atomic E-state index is 0.0913. The zero-order valence-corrected chi connectivity index (χ0v) is 19.3. The number of fused-ring (bicyclic) bond motifs is 1. The van der Waals surface area contributed by atoms with Gasteiger partial charge in [-0.3, -0.25) is 4.79 Å². The van der Waals surface area contributed by atoms with Gasteiger partial charge in [0.2, 0.25) is 5.91 Å². The van der Waals surface area contributed by atoms with Crippen LogP contribution < -0.4 is 15.4 Å². The first-order chi connectivity index (χ1) is 15.7. The molecule has 5 nitrogen and oxygen atoms in total. The van der Waals surface area contributed by atoms with E-state index in [-0.39, 0.29) is 11.9 Å². The number of benzene rings is 2. The van der Waals surface area contributed by atoms with Gasteiger partial charge in [0.05, 0.1) is 6.61 Å². The summed E-state index contributed by atoms with van der Waals surface area (Å²) in [6.07, 6.45) is 6.57. The second-order valence-corrected chi connectivity index (χ2v) is 9.19. The normalized spacial score (nSPS) is 18.7. The van der Waals surface area contributed by atoms with E-state index in [0.717, 1.165) is 62.9 Å². The Hall–Kier alpha value is -2.53. The molecule has 2 aromatic carbocycles. The second kappa shape index (κ2) is 11.4. The monoisotopic (exact) mass is 435 g/mol. The molecular formula is C27H37N3O2. The van der Waals surface area contributed by atoms with Gasteiger partial charge < -0.3 is 20.3 Å². The van der Waals surface area contributed by atoms with Gasteiger partial charge in [0.15, 0.2) is 0 Å². The van der Waals surface area contributed by atoms with Crippen LogP contribution in [0.5, 0.6) is 5.75 Å². The largest absolute Gasteiger partial charge is 0.494 e. The maximum absolute atomic E-state index is 12.7. The molecule has 1 fully saturated rings. The molecule has 0 radical (unpaired) electrons. The van der Waals surface area contributed by atoms with E-state index in [1.807, 2.05) is 12.1 Å². The Kier molecular flexibility index (Phi) is 8.05. The molecule has 172 valence electrons. The van der Waals surface area contributed by atoms with Crippen molar-refractivity contribution in [2.75, 3.05) is 38.1 Å². The molecule has 5 heteroatoms. The van der Waals surface area contributed by atoms with Crippen molar-refractivity contribution in [1.82, 2.24) is 10.2 Å². The average molecular weight is 436 g/mol. The summed E-state index contributed by atoms with van der Waals surface area (Å²) in [7, 11) is 0. The summed E-state index contributed by atoms with van der Waals surface area (Å²) >= 11 is 0. The van der Waals surface area contributed by atoms with Crippen molar-refractivity contribution in [3.63, 3.8) is 0 Å². The van der Waals surface area contributed by atoms with E-state index in [9.17, 15) is 4.79 Å². The third kappa shape index (κ3) is 6.26. The van der Waals surface area contributed by atoms with Gasteiger partial charge in [0, 0.05) is 25.2 Å². The summed E-state index contributed by atoms with van der Waals surface area (Å²) in [6.45, 7) is 6.80. The predicted molar refractivity (Wildman–Crippen MR) is 130 cm³/mol. The van der Waals surface area contributed by atoms with E-state index in [1.165, 1.54) is 30.4 Å². The summed E-state index contributed by atoms with van der Waals surface area (Å²) in [5.41, 5.74) is 3.66. The summed E-state index contributed by atoms with van der Waals surface area (Å²) in [6, 6.07) is 16.7. The molecule has 0 spiro atoms. The molecule has 1 saturated heterocycles. The van der Waals surface area contributed by atoms with Gasteiger partial charge in [-0.1, -0.05) is 43.7 Å². The van der Waals surface area contributed by atoms with Crippen molar-refractivity contribution >= 4 is 11.6 Å². The number of amides is 1. The molecule has 2 aromatic rings. The molecule has 2 aliphatic rings. The summed E-state index contributed by atoms with van der Waals surface area (Å²) in [5, 5.41) is 6.50.